The second-order valence-corrected chi connectivity index (χ2v) is 7.52. The second kappa shape index (κ2) is 6.02. The summed E-state index contributed by atoms with van der Waals surface area (Å²) in [5.74, 6) is 0.310. The standard InChI is InChI=1S/C16H21NO3S/c1-4-16(18)17(15-9-10-21(19,20)11-15)14-7-5-13(6-8-14)12(2)3/h5-10,12,15H,4,11H2,1-3H3. The Hall–Kier alpha value is -1.62. The highest BCUT2D eigenvalue weighted by Crippen LogP contribution is 2.25. The number of amides is 1. The Morgan fingerprint density at radius 1 is 1.29 bits per heavy atom. The highest BCUT2D eigenvalue weighted by Gasteiger charge is 2.30. The van der Waals surface area contributed by atoms with Crippen molar-refractivity contribution in [2.75, 3.05) is 10.7 Å². The monoisotopic (exact) mass is 307 g/mol. The van der Waals surface area contributed by atoms with Crippen LogP contribution in [0.25, 0.3) is 0 Å². The summed E-state index contributed by atoms with van der Waals surface area (Å²) in [6.07, 6.45) is 1.94. The average Bonchev–Trinajstić information content (AvgIpc) is 2.79. The number of hydrogen-bond donors (Lipinski definition) is 0. The minimum Gasteiger partial charge on any atom is -0.304 e. The molecule has 1 aromatic carbocycles. The zero-order valence-electron chi connectivity index (χ0n) is 12.6. The lowest BCUT2D eigenvalue weighted by Crippen LogP contribution is -2.40. The fraction of sp³-hybridized carbons (Fsp3) is 0.438. The molecule has 114 valence electrons. The summed E-state index contributed by atoms with van der Waals surface area (Å²) in [4.78, 5) is 13.8. The SMILES string of the molecule is CCC(=O)N(c1ccc(C(C)C)cc1)C1C=CS(=O)(=O)C1. The predicted octanol–water partition coefficient (Wildman–Crippen LogP) is 2.86. The summed E-state index contributed by atoms with van der Waals surface area (Å²) in [5, 5.41) is 1.20. The molecule has 4 nitrogen and oxygen atoms in total. The van der Waals surface area contributed by atoms with Crippen LogP contribution in [0.4, 0.5) is 5.69 Å². The number of nitrogens with zero attached hydrogens (tertiary/aromatic N) is 1. The first-order valence-electron chi connectivity index (χ1n) is 7.17. The van der Waals surface area contributed by atoms with E-state index >= 15 is 0 Å². The Kier molecular flexibility index (Phi) is 4.52. The molecule has 1 aromatic rings. The normalized spacial score (nSPS) is 19.9. The lowest BCUT2D eigenvalue weighted by atomic mass is 10.0. The third-order valence-electron chi connectivity index (χ3n) is 3.65. The lowest BCUT2D eigenvalue weighted by Gasteiger charge is -2.27. The summed E-state index contributed by atoms with van der Waals surface area (Å²) >= 11 is 0. The Balaban J connectivity index is 2.33. The van der Waals surface area contributed by atoms with Crippen molar-refractivity contribution in [3.8, 4) is 0 Å². The van der Waals surface area contributed by atoms with Gasteiger partial charge in [-0.2, -0.15) is 0 Å². The quantitative estimate of drug-likeness (QED) is 0.859. The van der Waals surface area contributed by atoms with E-state index in [0.29, 0.717) is 12.3 Å². The van der Waals surface area contributed by atoms with Crippen LogP contribution in [0.15, 0.2) is 35.7 Å². The molecule has 0 radical (unpaired) electrons. The van der Waals surface area contributed by atoms with E-state index in [0.717, 1.165) is 5.69 Å². The van der Waals surface area contributed by atoms with Gasteiger partial charge in [-0.15, -0.1) is 0 Å². The zero-order chi connectivity index (χ0) is 15.6. The Morgan fingerprint density at radius 3 is 2.33 bits per heavy atom. The van der Waals surface area contributed by atoms with Gasteiger partial charge in [-0.05, 0) is 29.7 Å². The van der Waals surface area contributed by atoms with E-state index in [1.807, 2.05) is 24.3 Å². The summed E-state index contributed by atoms with van der Waals surface area (Å²) in [6.45, 7) is 6.00. The van der Waals surface area contributed by atoms with E-state index < -0.39 is 15.9 Å². The molecule has 1 aliphatic heterocycles. The van der Waals surface area contributed by atoms with E-state index in [4.69, 9.17) is 0 Å². The largest absolute Gasteiger partial charge is 0.304 e. The number of anilines is 1. The van der Waals surface area contributed by atoms with Crippen LogP contribution >= 0.6 is 0 Å². The van der Waals surface area contributed by atoms with E-state index in [1.165, 1.54) is 11.0 Å². The first-order chi connectivity index (χ1) is 9.84. The van der Waals surface area contributed by atoms with Gasteiger partial charge in [0.2, 0.25) is 5.91 Å². The van der Waals surface area contributed by atoms with Gasteiger partial charge in [-0.25, -0.2) is 8.42 Å². The molecule has 1 aliphatic rings. The smallest absolute Gasteiger partial charge is 0.227 e. The van der Waals surface area contributed by atoms with Crippen molar-refractivity contribution in [2.45, 2.75) is 39.2 Å². The van der Waals surface area contributed by atoms with Crippen molar-refractivity contribution in [1.82, 2.24) is 0 Å². The molecule has 5 heteroatoms. The molecule has 21 heavy (non-hydrogen) atoms. The first kappa shape index (κ1) is 15.8. The molecular formula is C16H21NO3S. The molecule has 1 heterocycles. The topological polar surface area (TPSA) is 54.5 Å². The number of carbonyl (C=O) groups excluding carboxylic acids is 1. The maximum absolute atomic E-state index is 12.2. The van der Waals surface area contributed by atoms with Gasteiger partial charge < -0.3 is 4.90 Å². The van der Waals surface area contributed by atoms with Crippen LogP contribution < -0.4 is 4.90 Å². The Labute approximate surface area is 126 Å². The highest BCUT2D eigenvalue weighted by molar-refractivity contribution is 7.94. The number of rotatable bonds is 4. The molecule has 1 amide bonds. The maximum Gasteiger partial charge on any atom is 0.227 e. The molecule has 0 saturated carbocycles. The predicted molar refractivity (Wildman–Crippen MR) is 85.0 cm³/mol. The molecule has 0 fully saturated rings. The van der Waals surface area contributed by atoms with Crippen LogP contribution in [-0.2, 0) is 14.6 Å². The first-order valence-corrected chi connectivity index (χ1v) is 8.88. The summed E-state index contributed by atoms with van der Waals surface area (Å²) in [5.41, 5.74) is 1.94. The molecule has 1 atom stereocenters. The molecule has 0 saturated heterocycles. The summed E-state index contributed by atoms with van der Waals surface area (Å²) in [7, 11) is -3.19. The Bertz CT molecular complexity index is 645. The zero-order valence-corrected chi connectivity index (χ0v) is 13.4. The van der Waals surface area contributed by atoms with Gasteiger partial charge in [0.1, 0.15) is 0 Å². The van der Waals surface area contributed by atoms with Gasteiger partial charge in [-0.3, -0.25) is 4.79 Å². The molecule has 0 aromatic heterocycles. The van der Waals surface area contributed by atoms with Crippen molar-refractivity contribution < 1.29 is 13.2 Å². The Morgan fingerprint density at radius 2 is 1.90 bits per heavy atom. The van der Waals surface area contributed by atoms with Crippen LogP contribution in [0.1, 0.15) is 38.7 Å². The van der Waals surface area contributed by atoms with Gasteiger partial charge >= 0.3 is 0 Å². The number of sulfone groups is 1. The minimum atomic E-state index is -3.19. The summed E-state index contributed by atoms with van der Waals surface area (Å²) < 4.78 is 23.2. The molecular weight excluding hydrogens is 286 g/mol. The average molecular weight is 307 g/mol. The van der Waals surface area contributed by atoms with Crippen LogP contribution in [0, 0.1) is 0 Å². The van der Waals surface area contributed by atoms with Gasteiger partial charge in [-0.1, -0.05) is 32.9 Å². The molecule has 0 spiro atoms. The number of hydrogen-bond acceptors (Lipinski definition) is 3. The molecule has 0 aliphatic carbocycles. The number of benzene rings is 1. The maximum atomic E-state index is 12.2. The van der Waals surface area contributed by atoms with Crippen LogP contribution in [0.2, 0.25) is 0 Å². The highest BCUT2D eigenvalue weighted by atomic mass is 32.2. The van der Waals surface area contributed by atoms with Crippen molar-refractivity contribution >= 4 is 21.4 Å². The number of carbonyl (C=O) groups is 1. The van der Waals surface area contributed by atoms with Gasteiger partial charge in [0.25, 0.3) is 0 Å². The molecule has 1 unspecified atom stereocenters. The van der Waals surface area contributed by atoms with E-state index in [-0.39, 0.29) is 11.7 Å². The van der Waals surface area contributed by atoms with Crippen LogP contribution in [0.5, 0.6) is 0 Å². The van der Waals surface area contributed by atoms with Gasteiger partial charge in [0, 0.05) is 17.5 Å². The second-order valence-electron chi connectivity index (χ2n) is 5.59. The van der Waals surface area contributed by atoms with Crippen molar-refractivity contribution in [3.63, 3.8) is 0 Å². The van der Waals surface area contributed by atoms with E-state index in [2.05, 4.69) is 13.8 Å². The third-order valence-corrected chi connectivity index (χ3v) is 5.03. The van der Waals surface area contributed by atoms with Gasteiger partial charge in [0.15, 0.2) is 9.84 Å². The minimum absolute atomic E-state index is 0.0370. The third kappa shape index (κ3) is 3.53. The van der Waals surface area contributed by atoms with E-state index in [1.54, 1.807) is 17.9 Å². The van der Waals surface area contributed by atoms with Crippen molar-refractivity contribution in [2.24, 2.45) is 0 Å². The fourth-order valence-electron chi connectivity index (χ4n) is 2.43. The van der Waals surface area contributed by atoms with E-state index in [9.17, 15) is 13.2 Å². The lowest BCUT2D eigenvalue weighted by molar-refractivity contribution is -0.118. The van der Waals surface area contributed by atoms with Crippen molar-refractivity contribution in [3.05, 3.63) is 41.3 Å². The van der Waals surface area contributed by atoms with Crippen LogP contribution in [0.3, 0.4) is 0 Å². The van der Waals surface area contributed by atoms with Crippen LogP contribution in [-0.4, -0.2) is 26.1 Å². The molecule has 2 rings (SSSR count). The summed E-state index contributed by atoms with van der Waals surface area (Å²) in [6, 6.07) is 7.35. The fourth-order valence-corrected chi connectivity index (χ4v) is 3.70. The van der Waals surface area contributed by atoms with Gasteiger partial charge in [0.05, 0.1) is 11.8 Å². The molecule has 0 N–H and O–H groups in total. The van der Waals surface area contributed by atoms with Crippen molar-refractivity contribution in [1.29, 1.82) is 0 Å². The molecule has 0 bridgehead atoms.